The Balaban J connectivity index is 3.02. The highest BCUT2D eigenvalue weighted by atomic mass is 19.3. The molecule has 0 unspecified atom stereocenters. The number of nitrogens with zero attached hydrogens (tertiary/aromatic N) is 2. The number of aromatic nitrogens is 2. The van der Waals surface area contributed by atoms with Crippen molar-refractivity contribution in [2.45, 2.75) is 19.8 Å². The van der Waals surface area contributed by atoms with Gasteiger partial charge in [0.1, 0.15) is 6.61 Å². The van der Waals surface area contributed by atoms with Gasteiger partial charge >= 0.3 is 0 Å². The summed E-state index contributed by atoms with van der Waals surface area (Å²) in [6.45, 7) is 1.08. The van der Waals surface area contributed by atoms with Crippen molar-refractivity contribution in [3.63, 3.8) is 0 Å². The molecule has 0 bridgehead atoms. The van der Waals surface area contributed by atoms with E-state index in [0.29, 0.717) is 12.1 Å². The third-order valence-corrected chi connectivity index (χ3v) is 1.80. The SMILES string of the molecule is CCc1nc(N)nc(OC)c1OCC(F)F. The number of hydrogen-bond donors (Lipinski definition) is 1. The first kappa shape index (κ1) is 12.4. The van der Waals surface area contributed by atoms with Gasteiger partial charge in [-0.2, -0.15) is 4.98 Å². The summed E-state index contributed by atoms with van der Waals surface area (Å²) in [5.41, 5.74) is 5.88. The molecule has 5 nitrogen and oxygen atoms in total. The van der Waals surface area contributed by atoms with Gasteiger partial charge in [-0.15, -0.1) is 0 Å². The molecule has 1 aromatic rings. The van der Waals surface area contributed by atoms with E-state index in [1.54, 1.807) is 6.92 Å². The van der Waals surface area contributed by atoms with Gasteiger partial charge in [-0.3, -0.25) is 0 Å². The van der Waals surface area contributed by atoms with Gasteiger partial charge in [0.15, 0.2) is 0 Å². The number of alkyl halides is 2. The molecular weight excluding hydrogens is 220 g/mol. The molecule has 1 rings (SSSR count). The molecule has 1 aromatic heterocycles. The molecule has 0 aromatic carbocycles. The fourth-order valence-corrected chi connectivity index (χ4v) is 1.16. The number of nitrogens with two attached hydrogens (primary N) is 1. The molecule has 0 spiro atoms. The third-order valence-electron chi connectivity index (χ3n) is 1.80. The zero-order valence-corrected chi connectivity index (χ0v) is 9.04. The predicted molar refractivity (Wildman–Crippen MR) is 53.9 cm³/mol. The van der Waals surface area contributed by atoms with Crippen molar-refractivity contribution in [2.24, 2.45) is 0 Å². The maximum Gasteiger partial charge on any atom is 0.272 e. The highest BCUT2D eigenvalue weighted by molar-refractivity contribution is 5.42. The van der Waals surface area contributed by atoms with Gasteiger partial charge < -0.3 is 15.2 Å². The Morgan fingerprint density at radius 1 is 1.38 bits per heavy atom. The van der Waals surface area contributed by atoms with Crippen molar-refractivity contribution in [3.8, 4) is 11.6 Å². The average molecular weight is 233 g/mol. The number of methoxy groups -OCH3 is 1. The standard InChI is InChI=1S/C9H13F2N3O2/c1-3-5-7(16-4-6(10)11)8(15-2)14-9(12)13-5/h6H,3-4H2,1-2H3,(H2,12,13,14). The first-order valence-corrected chi connectivity index (χ1v) is 4.69. The molecule has 0 aliphatic heterocycles. The lowest BCUT2D eigenvalue weighted by Gasteiger charge is -2.12. The predicted octanol–water partition coefficient (Wildman–Crippen LogP) is 1.27. The Bertz CT molecular complexity index is 336. The van der Waals surface area contributed by atoms with E-state index in [9.17, 15) is 8.78 Å². The minimum Gasteiger partial charge on any atom is -0.480 e. The van der Waals surface area contributed by atoms with E-state index in [4.69, 9.17) is 15.2 Å². The van der Waals surface area contributed by atoms with Crippen LogP contribution in [0, 0.1) is 0 Å². The van der Waals surface area contributed by atoms with Gasteiger partial charge in [0, 0.05) is 0 Å². The van der Waals surface area contributed by atoms with Gasteiger partial charge in [-0.05, 0) is 6.42 Å². The summed E-state index contributed by atoms with van der Waals surface area (Å²) in [5, 5.41) is 0. The number of nitrogen functional groups attached to an aromatic ring is 1. The molecule has 90 valence electrons. The monoisotopic (exact) mass is 233 g/mol. The van der Waals surface area contributed by atoms with E-state index < -0.39 is 13.0 Å². The summed E-state index contributed by atoms with van der Waals surface area (Å²) in [6.07, 6.45) is -2.08. The molecule has 16 heavy (non-hydrogen) atoms. The van der Waals surface area contributed by atoms with Gasteiger partial charge in [-0.1, -0.05) is 6.92 Å². The average Bonchev–Trinajstić information content (AvgIpc) is 2.25. The van der Waals surface area contributed by atoms with E-state index in [2.05, 4.69) is 9.97 Å². The van der Waals surface area contributed by atoms with Crippen molar-refractivity contribution < 1.29 is 18.3 Å². The quantitative estimate of drug-likeness (QED) is 0.829. The highest BCUT2D eigenvalue weighted by Gasteiger charge is 2.16. The van der Waals surface area contributed by atoms with Gasteiger partial charge in [0.25, 0.3) is 12.3 Å². The molecule has 0 radical (unpaired) electrons. The fraction of sp³-hybridized carbons (Fsp3) is 0.556. The van der Waals surface area contributed by atoms with E-state index in [1.807, 2.05) is 0 Å². The van der Waals surface area contributed by atoms with Gasteiger partial charge in [-0.25, -0.2) is 13.8 Å². The highest BCUT2D eigenvalue weighted by Crippen LogP contribution is 2.29. The smallest absolute Gasteiger partial charge is 0.272 e. The summed E-state index contributed by atoms with van der Waals surface area (Å²) in [6, 6.07) is 0. The molecule has 0 aliphatic rings. The van der Waals surface area contributed by atoms with Crippen molar-refractivity contribution in [1.82, 2.24) is 9.97 Å². The second kappa shape index (κ2) is 5.43. The molecule has 0 amide bonds. The van der Waals surface area contributed by atoms with Crippen molar-refractivity contribution in [1.29, 1.82) is 0 Å². The summed E-state index contributed by atoms with van der Waals surface area (Å²) in [5.74, 6) is 0.225. The molecular formula is C9H13F2N3O2. The molecule has 1 heterocycles. The summed E-state index contributed by atoms with van der Waals surface area (Å²) in [7, 11) is 1.36. The number of halogens is 2. The lowest BCUT2D eigenvalue weighted by atomic mass is 10.3. The molecule has 7 heteroatoms. The van der Waals surface area contributed by atoms with Crippen LogP contribution < -0.4 is 15.2 Å². The number of ether oxygens (including phenoxy) is 2. The second-order valence-electron chi connectivity index (χ2n) is 2.92. The molecule has 2 N–H and O–H groups in total. The van der Waals surface area contributed by atoms with Crippen LogP contribution in [0.25, 0.3) is 0 Å². The maximum atomic E-state index is 12.0. The van der Waals surface area contributed by atoms with Crippen LogP contribution in [0.4, 0.5) is 14.7 Å². The van der Waals surface area contributed by atoms with Crippen LogP contribution in [-0.4, -0.2) is 30.1 Å². The van der Waals surface area contributed by atoms with Crippen LogP contribution in [0.2, 0.25) is 0 Å². The Morgan fingerprint density at radius 2 is 2.06 bits per heavy atom. The lowest BCUT2D eigenvalue weighted by molar-refractivity contribution is 0.0793. The topological polar surface area (TPSA) is 70.3 Å². The lowest BCUT2D eigenvalue weighted by Crippen LogP contribution is -2.12. The van der Waals surface area contributed by atoms with Crippen LogP contribution in [-0.2, 0) is 6.42 Å². The Kier molecular flexibility index (Phi) is 4.21. The fourth-order valence-electron chi connectivity index (χ4n) is 1.16. The number of rotatable bonds is 5. The van der Waals surface area contributed by atoms with Crippen molar-refractivity contribution in [2.75, 3.05) is 19.5 Å². The number of hydrogen-bond acceptors (Lipinski definition) is 5. The molecule has 0 saturated carbocycles. The minimum absolute atomic E-state index is 0.0260. The van der Waals surface area contributed by atoms with Gasteiger partial charge in [0.2, 0.25) is 11.7 Å². The summed E-state index contributed by atoms with van der Waals surface area (Å²) < 4.78 is 33.9. The third kappa shape index (κ3) is 2.91. The van der Waals surface area contributed by atoms with Crippen LogP contribution >= 0.6 is 0 Å². The van der Waals surface area contributed by atoms with Crippen LogP contribution in [0.1, 0.15) is 12.6 Å². The normalized spacial score (nSPS) is 10.6. The first-order chi connectivity index (χ1) is 7.58. The van der Waals surface area contributed by atoms with Crippen molar-refractivity contribution >= 4 is 5.95 Å². The molecule has 0 saturated heterocycles. The molecule has 0 atom stereocenters. The summed E-state index contributed by atoms with van der Waals surface area (Å²) in [4.78, 5) is 7.65. The minimum atomic E-state index is -2.56. The zero-order valence-electron chi connectivity index (χ0n) is 9.04. The molecule has 0 fully saturated rings. The van der Waals surface area contributed by atoms with Crippen LogP contribution in [0.5, 0.6) is 11.6 Å². The number of aryl methyl sites for hydroxylation is 1. The van der Waals surface area contributed by atoms with Crippen molar-refractivity contribution in [3.05, 3.63) is 5.69 Å². The van der Waals surface area contributed by atoms with Crippen LogP contribution in [0.3, 0.4) is 0 Å². The molecule has 0 aliphatic carbocycles. The Labute approximate surface area is 91.6 Å². The maximum absolute atomic E-state index is 12.0. The second-order valence-corrected chi connectivity index (χ2v) is 2.92. The Morgan fingerprint density at radius 3 is 2.56 bits per heavy atom. The summed E-state index contributed by atoms with van der Waals surface area (Å²) >= 11 is 0. The van der Waals surface area contributed by atoms with E-state index in [0.717, 1.165) is 0 Å². The van der Waals surface area contributed by atoms with E-state index in [-0.39, 0.29) is 17.6 Å². The van der Waals surface area contributed by atoms with Gasteiger partial charge in [0.05, 0.1) is 12.8 Å². The van der Waals surface area contributed by atoms with E-state index >= 15 is 0 Å². The number of anilines is 1. The largest absolute Gasteiger partial charge is 0.480 e. The first-order valence-electron chi connectivity index (χ1n) is 4.69. The Hall–Kier alpha value is -1.66. The zero-order chi connectivity index (χ0) is 12.1. The van der Waals surface area contributed by atoms with E-state index in [1.165, 1.54) is 7.11 Å². The van der Waals surface area contributed by atoms with Crippen LogP contribution in [0.15, 0.2) is 0 Å².